The molecule has 1 heterocycles. The van der Waals surface area contributed by atoms with Crippen molar-refractivity contribution in [2.45, 2.75) is 19.4 Å². The summed E-state index contributed by atoms with van der Waals surface area (Å²) in [6.45, 7) is 1.80. The van der Waals surface area contributed by atoms with Crippen molar-refractivity contribution < 1.29 is 9.59 Å². The Labute approximate surface area is 81.9 Å². The van der Waals surface area contributed by atoms with Gasteiger partial charge in [0.25, 0.3) is 0 Å². The molecule has 0 aromatic carbocycles. The van der Waals surface area contributed by atoms with Crippen molar-refractivity contribution in [2.75, 3.05) is 11.5 Å². The van der Waals surface area contributed by atoms with Crippen LogP contribution < -0.4 is 0 Å². The molecular weight excluding hydrogens is 186 g/mol. The molecule has 1 atom stereocenters. The monoisotopic (exact) mass is 197 g/mol. The summed E-state index contributed by atoms with van der Waals surface area (Å²) in [6.07, 6.45) is 5.56. The summed E-state index contributed by atoms with van der Waals surface area (Å²) in [5, 5.41) is 0. The molecule has 13 heavy (non-hydrogen) atoms. The molecule has 0 aromatic rings. The quantitative estimate of drug-likeness (QED) is 0.478. The molecule has 1 aliphatic rings. The third-order valence-electron chi connectivity index (χ3n) is 1.84. The second-order valence-corrected chi connectivity index (χ2v) is 3.89. The highest BCUT2D eigenvalue weighted by Crippen LogP contribution is 2.16. The number of hydrogen-bond acceptors (Lipinski definition) is 3. The van der Waals surface area contributed by atoms with Crippen LogP contribution in [-0.4, -0.2) is 34.3 Å². The number of thioether (sulfide) groups is 1. The molecule has 3 nitrogen and oxygen atoms in total. The van der Waals surface area contributed by atoms with E-state index in [0.29, 0.717) is 17.9 Å². The Bertz CT molecular complexity index is 253. The zero-order valence-electron chi connectivity index (χ0n) is 7.45. The highest BCUT2D eigenvalue weighted by atomic mass is 32.2. The summed E-state index contributed by atoms with van der Waals surface area (Å²) in [5.41, 5.74) is 0. The minimum Gasteiger partial charge on any atom is -0.277 e. The summed E-state index contributed by atoms with van der Waals surface area (Å²) in [6, 6.07) is -0.161. The number of imide groups is 1. The summed E-state index contributed by atoms with van der Waals surface area (Å²) in [7, 11) is 0. The summed E-state index contributed by atoms with van der Waals surface area (Å²) >= 11 is 1.36. The average molecular weight is 197 g/mol. The van der Waals surface area contributed by atoms with Crippen LogP contribution in [0.5, 0.6) is 0 Å². The van der Waals surface area contributed by atoms with Gasteiger partial charge in [-0.05, 0) is 6.92 Å². The number of carbonyl (C=O) groups is 2. The minimum atomic E-state index is -0.161. The Hall–Kier alpha value is -0.950. The van der Waals surface area contributed by atoms with E-state index in [-0.39, 0.29) is 17.9 Å². The fourth-order valence-electron chi connectivity index (χ4n) is 1.26. The number of rotatable bonds is 2. The first-order chi connectivity index (χ1) is 6.16. The van der Waals surface area contributed by atoms with Crippen molar-refractivity contribution in [3.8, 4) is 12.3 Å². The lowest BCUT2D eigenvalue weighted by Gasteiger charge is -2.29. The summed E-state index contributed by atoms with van der Waals surface area (Å²) in [5.74, 6) is 2.99. The molecule has 70 valence electrons. The van der Waals surface area contributed by atoms with Gasteiger partial charge >= 0.3 is 0 Å². The van der Waals surface area contributed by atoms with E-state index < -0.39 is 0 Å². The fourth-order valence-corrected chi connectivity index (χ4v) is 1.99. The predicted molar refractivity (Wildman–Crippen MR) is 52.1 cm³/mol. The van der Waals surface area contributed by atoms with E-state index in [4.69, 9.17) is 6.42 Å². The van der Waals surface area contributed by atoms with Gasteiger partial charge in [-0.25, -0.2) is 0 Å². The van der Waals surface area contributed by atoms with Gasteiger partial charge in [-0.15, -0.1) is 24.1 Å². The van der Waals surface area contributed by atoms with Crippen molar-refractivity contribution in [2.24, 2.45) is 0 Å². The topological polar surface area (TPSA) is 37.4 Å². The van der Waals surface area contributed by atoms with Crippen molar-refractivity contribution in [1.82, 2.24) is 4.90 Å². The summed E-state index contributed by atoms with van der Waals surface area (Å²) < 4.78 is 0. The lowest BCUT2D eigenvalue weighted by molar-refractivity contribution is -0.144. The molecule has 1 rings (SSSR count). The maximum absolute atomic E-state index is 11.3. The number of hydrogen-bond donors (Lipinski definition) is 0. The van der Waals surface area contributed by atoms with Crippen molar-refractivity contribution in [3.05, 3.63) is 0 Å². The molecule has 0 radical (unpaired) electrons. The molecule has 4 heteroatoms. The third kappa shape index (κ3) is 2.25. The first-order valence-corrected chi connectivity index (χ1v) is 5.18. The highest BCUT2D eigenvalue weighted by Gasteiger charge is 2.29. The Balaban J connectivity index is 2.69. The maximum atomic E-state index is 11.3. The normalized spacial score (nSPS) is 19.8. The van der Waals surface area contributed by atoms with Crippen molar-refractivity contribution >= 4 is 23.6 Å². The molecule has 0 aliphatic carbocycles. The van der Waals surface area contributed by atoms with E-state index in [2.05, 4.69) is 5.92 Å². The van der Waals surface area contributed by atoms with Crippen LogP contribution in [0.25, 0.3) is 0 Å². The van der Waals surface area contributed by atoms with Gasteiger partial charge in [0, 0.05) is 12.5 Å². The van der Waals surface area contributed by atoms with E-state index in [1.54, 1.807) is 6.92 Å². The largest absolute Gasteiger partial charge is 0.277 e. The number of amides is 2. The van der Waals surface area contributed by atoms with Crippen LogP contribution in [0.1, 0.15) is 13.3 Å². The van der Waals surface area contributed by atoms with E-state index >= 15 is 0 Å². The van der Waals surface area contributed by atoms with Crippen LogP contribution in [0.15, 0.2) is 0 Å². The van der Waals surface area contributed by atoms with Crippen LogP contribution in [0.2, 0.25) is 0 Å². The first-order valence-electron chi connectivity index (χ1n) is 4.03. The molecule has 0 spiro atoms. The van der Waals surface area contributed by atoms with Crippen LogP contribution in [0.3, 0.4) is 0 Å². The molecule has 1 unspecified atom stereocenters. The molecule has 0 saturated carbocycles. The zero-order valence-corrected chi connectivity index (χ0v) is 8.26. The van der Waals surface area contributed by atoms with Gasteiger partial charge in [-0.1, -0.05) is 0 Å². The lowest BCUT2D eigenvalue weighted by Crippen LogP contribution is -2.47. The van der Waals surface area contributed by atoms with E-state index in [0.717, 1.165) is 0 Å². The fraction of sp³-hybridized carbons (Fsp3) is 0.556. The molecule has 0 aromatic heterocycles. The maximum Gasteiger partial charge on any atom is 0.239 e. The Kier molecular flexibility index (Phi) is 3.38. The van der Waals surface area contributed by atoms with Gasteiger partial charge < -0.3 is 0 Å². The minimum absolute atomic E-state index is 0.121. The predicted octanol–water partition coefficient (Wildman–Crippen LogP) is 0.500. The number of nitrogens with zero attached hydrogens (tertiary/aromatic N) is 1. The smallest absolute Gasteiger partial charge is 0.239 e. The molecule has 1 aliphatic heterocycles. The summed E-state index contributed by atoms with van der Waals surface area (Å²) in [4.78, 5) is 24.0. The van der Waals surface area contributed by atoms with Gasteiger partial charge in [-0.2, -0.15) is 0 Å². The molecule has 2 amide bonds. The average Bonchev–Trinajstić information content (AvgIpc) is 2.04. The lowest BCUT2D eigenvalue weighted by atomic mass is 10.2. The van der Waals surface area contributed by atoms with E-state index in [9.17, 15) is 9.59 Å². The SMILES string of the molecule is C#CCC(C)N1C(=O)CSCC1=O. The van der Waals surface area contributed by atoms with Crippen LogP contribution in [0.4, 0.5) is 0 Å². The number of carbonyl (C=O) groups excluding carboxylic acids is 2. The molecule has 0 N–H and O–H groups in total. The molecule has 0 bridgehead atoms. The Morgan fingerprint density at radius 1 is 1.54 bits per heavy atom. The third-order valence-corrected chi connectivity index (χ3v) is 2.74. The van der Waals surface area contributed by atoms with Gasteiger partial charge in [0.05, 0.1) is 11.5 Å². The molecular formula is C9H11NO2S. The van der Waals surface area contributed by atoms with E-state index in [1.165, 1.54) is 16.7 Å². The van der Waals surface area contributed by atoms with E-state index in [1.807, 2.05) is 0 Å². The standard InChI is InChI=1S/C9H11NO2S/c1-3-4-7(2)10-8(11)5-13-6-9(10)12/h1,7H,4-6H2,2H3. The second-order valence-electron chi connectivity index (χ2n) is 2.91. The Morgan fingerprint density at radius 2 is 2.08 bits per heavy atom. The van der Waals surface area contributed by atoms with Crippen molar-refractivity contribution in [3.63, 3.8) is 0 Å². The second kappa shape index (κ2) is 4.33. The number of terminal acetylenes is 1. The van der Waals surface area contributed by atoms with Crippen molar-refractivity contribution in [1.29, 1.82) is 0 Å². The van der Waals surface area contributed by atoms with Gasteiger partial charge in [0.2, 0.25) is 11.8 Å². The van der Waals surface area contributed by atoms with Crippen LogP contribution in [0, 0.1) is 12.3 Å². The van der Waals surface area contributed by atoms with Crippen LogP contribution >= 0.6 is 11.8 Å². The highest BCUT2D eigenvalue weighted by molar-refractivity contribution is 8.00. The van der Waals surface area contributed by atoms with Gasteiger partial charge in [0.15, 0.2) is 0 Å². The van der Waals surface area contributed by atoms with Gasteiger partial charge in [0.1, 0.15) is 0 Å². The van der Waals surface area contributed by atoms with Gasteiger partial charge in [-0.3, -0.25) is 14.5 Å². The Morgan fingerprint density at radius 3 is 2.54 bits per heavy atom. The first kappa shape index (κ1) is 10.1. The zero-order chi connectivity index (χ0) is 9.84. The molecule has 1 fully saturated rings. The molecule has 1 saturated heterocycles. The van der Waals surface area contributed by atoms with Crippen LogP contribution in [-0.2, 0) is 9.59 Å².